The average molecular weight is 889 g/mol. The molecule has 17 nitrogen and oxygen atoms in total. The number of benzene rings is 6. The second-order valence-electron chi connectivity index (χ2n) is 10.9. The van der Waals surface area contributed by atoms with Crippen molar-refractivity contribution in [3.63, 3.8) is 0 Å². The molecule has 0 heterocycles. The summed E-state index contributed by atoms with van der Waals surface area (Å²) in [4.78, 5) is 33.9. The fourth-order valence-corrected chi connectivity index (χ4v) is 4.27. The Morgan fingerprint density at radius 1 is 0.410 bits per heavy atom. The smallest absolute Gasteiger partial charge is 0.872 e. The van der Waals surface area contributed by atoms with Crippen LogP contribution in [0.3, 0.4) is 0 Å². The maximum Gasteiger partial charge on any atom is 3.00 e. The van der Waals surface area contributed by atoms with Crippen LogP contribution >= 0.6 is 0 Å². The summed E-state index contributed by atoms with van der Waals surface area (Å²) in [6.45, 7) is 1.93. The minimum atomic E-state index is -1.75. The molecule has 0 amide bonds. The average Bonchev–Trinajstić information content (AvgIpc) is 3.20. The fourth-order valence-electron chi connectivity index (χ4n) is 4.27. The zero-order valence-corrected chi connectivity index (χ0v) is 35.8. The summed E-state index contributed by atoms with van der Waals surface area (Å²) in [5.74, 6) is -0.324. The summed E-state index contributed by atoms with van der Waals surface area (Å²) in [5, 5.41) is 83.9. The molecule has 1 N–H and O–H groups in total. The van der Waals surface area contributed by atoms with E-state index in [1.54, 1.807) is 104 Å². The van der Waals surface area contributed by atoms with Crippen LogP contribution in [-0.2, 0) is 51.7 Å². The maximum absolute atomic E-state index is 11.7. The Kier molecular flexibility index (Phi) is 27.8. The van der Waals surface area contributed by atoms with Crippen LogP contribution in [-0.4, -0.2) is 46.7 Å². The molecule has 0 aliphatic rings. The van der Waals surface area contributed by atoms with Gasteiger partial charge in [0, 0.05) is 31.5 Å². The van der Waals surface area contributed by atoms with Gasteiger partial charge in [-0.25, -0.2) is 0 Å². The van der Waals surface area contributed by atoms with Crippen molar-refractivity contribution in [3.05, 3.63) is 198 Å². The Bertz CT molecular complexity index is 2040. The van der Waals surface area contributed by atoms with Crippen LogP contribution in [0.5, 0.6) is 23.0 Å². The molecule has 0 aliphatic heterocycles. The Morgan fingerprint density at radius 3 is 0.721 bits per heavy atom. The van der Waals surface area contributed by atoms with Crippen molar-refractivity contribution < 1.29 is 87.4 Å². The molecule has 0 saturated carbocycles. The van der Waals surface area contributed by atoms with Gasteiger partial charge in [-0.15, -0.1) is 23.0 Å². The van der Waals surface area contributed by atoms with Gasteiger partial charge in [0.15, 0.2) is 0 Å². The van der Waals surface area contributed by atoms with Crippen molar-refractivity contribution in [2.24, 2.45) is 20.0 Å². The van der Waals surface area contributed by atoms with Gasteiger partial charge >= 0.3 is 51.7 Å². The van der Waals surface area contributed by atoms with Gasteiger partial charge in [-0.3, -0.25) is 20.0 Å². The summed E-state index contributed by atoms with van der Waals surface area (Å²) >= 11 is 0. The van der Waals surface area contributed by atoms with Crippen molar-refractivity contribution in [2.45, 2.75) is 6.92 Å². The molecule has 0 saturated heterocycles. The van der Waals surface area contributed by atoms with Crippen molar-refractivity contribution in [1.29, 1.82) is 0 Å². The molecule has 19 heteroatoms. The van der Waals surface area contributed by atoms with E-state index < -0.39 is 10.2 Å². The third-order valence-electron chi connectivity index (χ3n) is 6.81. The van der Waals surface area contributed by atoms with E-state index in [9.17, 15) is 20.4 Å². The molecule has 0 fully saturated rings. The number of hydrogen-bond donors (Lipinski definition) is 1. The molecule has 6 aromatic carbocycles. The minimum absolute atomic E-state index is 0. The zero-order chi connectivity index (χ0) is 43.4. The number of nitrogens with zero attached hydrogens (tertiary/aromatic N) is 6. The van der Waals surface area contributed by atoms with E-state index in [2.05, 4.69) is 20.0 Å². The van der Waals surface area contributed by atoms with Crippen molar-refractivity contribution in [2.75, 3.05) is 6.61 Å². The van der Waals surface area contributed by atoms with Gasteiger partial charge in [0.25, 0.3) is 0 Å². The van der Waals surface area contributed by atoms with Crippen LogP contribution in [0.15, 0.2) is 166 Å². The van der Waals surface area contributed by atoms with E-state index in [4.69, 9.17) is 35.7 Å². The van der Waals surface area contributed by atoms with E-state index in [1.165, 1.54) is 49.1 Å². The summed E-state index contributed by atoms with van der Waals surface area (Å²) in [5.41, 5.74) is 4.56. The summed E-state index contributed by atoms with van der Waals surface area (Å²) in [6, 6.07) is 41.4. The number of aliphatic hydroxyl groups is 1. The first-order valence-corrected chi connectivity index (χ1v) is 17.0. The minimum Gasteiger partial charge on any atom is -0.872 e. The van der Waals surface area contributed by atoms with Crippen LogP contribution in [0, 0.1) is 30.6 Å². The Morgan fingerprint density at radius 2 is 0.557 bits per heavy atom. The molecular weight excluding hydrogens is 854 g/mol. The Hall–Kier alpha value is -6.70. The van der Waals surface area contributed by atoms with E-state index >= 15 is 0 Å². The SMILES string of the molecule is CCO.O=[N+]([O-])[O-].O=[N+]([O-])[O-].[O-]c1ccccc1C=Nc1ccccc1N=Cc1ccccc1[O-].[O-]c1ccccc1C=Nc1ccccc1N=Cc1ccccc1[O-].[Sc+3].[Sc+3]. The molecule has 0 bridgehead atoms. The molecule has 0 radical (unpaired) electrons. The van der Waals surface area contributed by atoms with E-state index in [1.807, 2.05) is 24.3 Å². The zero-order valence-electron chi connectivity index (χ0n) is 32.2. The normalized spacial score (nSPS) is 10.0. The molecular formula is C42H34N6O11Sc2. The van der Waals surface area contributed by atoms with Crippen molar-refractivity contribution in [1.82, 2.24) is 0 Å². The van der Waals surface area contributed by atoms with Crippen molar-refractivity contribution >= 4 is 47.6 Å². The van der Waals surface area contributed by atoms with Crippen LogP contribution in [0.2, 0.25) is 0 Å². The molecule has 0 aliphatic carbocycles. The fraction of sp³-hybridized carbons (Fsp3) is 0.0476. The number of rotatable bonds is 8. The third-order valence-corrected chi connectivity index (χ3v) is 6.81. The summed E-state index contributed by atoms with van der Waals surface area (Å²) in [7, 11) is 0. The molecule has 0 spiro atoms. The van der Waals surface area contributed by atoms with Crippen LogP contribution in [0.4, 0.5) is 22.7 Å². The molecule has 61 heavy (non-hydrogen) atoms. The van der Waals surface area contributed by atoms with Gasteiger partial charge < -0.3 is 56.2 Å². The summed E-state index contributed by atoms with van der Waals surface area (Å²) < 4.78 is 0. The second kappa shape index (κ2) is 31.3. The molecule has 304 valence electrons. The monoisotopic (exact) mass is 888 g/mol. The Balaban J connectivity index is 0.000000927. The number of aliphatic imine (C=N–C) groups is 4. The Labute approximate surface area is 387 Å². The molecule has 6 aromatic rings. The number of para-hydroxylation sites is 8. The van der Waals surface area contributed by atoms with Gasteiger partial charge in [-0.1, -0.05) is 121 Å². The molecule has 0 unspecified atom stereocenters. The van der Waals surface area contributed by atoms with Gasteiger partial charge in [0.1, 0.15) is 0 Å². The molecule has 6 rings (SSSR count). The number of aliphatic hydroxyl groups excluding tert-OH is 1. The predicted octanol–water partition coefficient (Wildman–Crippen LogP) is 6.19. The first-order valence-electron chi connectivity index (χ1n) is 17.0. The van der Waals surface area contributed by atoms with Gasteiger partial charge in [0.2, 0.25) is 0 Å². The predicted molar refractivity (Wildman–Crippen MR) is 219 cm³/mol. The largest absolute Gasteiger partial charge is 3.00 e. The topological polar surface area (TPSA) is 294 Å². The van der Waals surface area contributed by atoms with Gasteiger partial charge in [-0.2, -0.15) is 0 Å². The third kappa shape index (κ3) is 22.3. The number of hydrogen-bond acceptors (Lipinski definition) is 15. The van der Waals surface area contributed by atoms with Crippen LogP contribution in [0.25, 0.3) is 0 Å². The first kappa shape index (κ1) is 54.3. The molecule has 0 aromatic heterocycles. The van der Waals surface area contributed by atoms with E-state index in [-0.39, 0.29) is 81.3 Å². The van der Waals surface area contributed by atoms with Crippen molar-refractivity contribution in [3.8, 4) is 23.0 Å². The van der Waals surface area contributed by atoms with Gasteiger partial charge in [-0.05, 0) is 53.4 Å². The van der Waals surface area contributed by atoms with E-state index in [0.717, 1.165) is 0 Å². The summed E-state index contributed by atoms with van der Waals surface area (Å²) in [6.07, 6.45) is 6.10. The first-order chi connectivity index (χ1) is 28.4. The van der Waals surface area contributed by atoms with Crippen LogP contribution < -0.4 is 20.4 Å². The quantitative estimate of drug-likeness (QED) is 0.102. The maximum atomic E-state index is 11.7. The van der Waals surface area contributed by atoms with Crippen LogP contribution in [0.1, 0.15) is 29.2 Å². The molecule has 0 atom stereocenters. The second-order valence-corrected chi connectivity index (χ2v) is 10.9. The van der Waals surface area contributed by atoms with Gasteiger partial charge in [0.05, 0.1) is 32.9 Å². The van der Waals surface area contributed by atoms with E-state index in [0.29, 0.717) is 45.0 Å². The standard InChI is InChI=1S/2C20H16N2O2.C2H6O.2NO3.2Sc/c2*23-19-11-5-1-7-15(19)13-21-17-9-3-4-10-18(17)22-14-16-8-2-6-12-20(16)24;1-2-3;2*2-1(3)4;;/h2*1-14,23-24H;3H,2H2,1H3;;;;/q;;;2*-1;2*+3/p-4.